The molecule has 1 aliphatic rings. The molecule has 0 aromatic heterocycles. The van der Waals surface area contributed by atoms with Crippen molar-refractivity contribution < 1.29 is 18.0 Å². The summed E-state index contributed by atoms with van der Waals surface area (Å²) in [6, 6.07) is 12.8. The van der Waals surface area contributed by atoms with Crippen molar-refractivity contribution in [1.29, 1.82) is 0 Å². The first kappa shape index (κ1) is 23.2. The van der Waals surface area contributed by atoms with Crippen molar-refractivity contribution in [2.75, 3.05) is 24.2 Å². The zero-order valence-electron chi connectivity index (χ0n) is 18.0. The first-order chi connectivity index (χ1) is 14.4. The lowest BCUT2D eigenvalue weighted by Gasteiger charge is -2.46. The summed E-state index contributed by atoms with van der Waals surface area (Å²) < 4.78 is 25.4. The van der Waals surface area contributed by atoms with Crippen LogP contribution in [0.5, 0.6) is 0 Å². The molecule has 1 heterocycles. The van der Waals surface area contributed by atoms with Gasteiger partial charge in [0.1, 0.15) is 5.54 Å². The van der Waals surface area contributed by atoms with Gasteiger partial charge in [-0.05, 0) is 44.0 Å². The molecule has 0 radical (unpaired) electrons. The van der Waals surface area contributed by atoms with E-state index in [1.807, 2.05) is 38.1 Å². The molecule has 2 aromatic carbocycles. The van der Waals surface area contributed by atoms with Crippen LogP contribution in [-0.2, 0) is 26.2 Å². The van der Waals surface area contributed by atoms with Crippen LogP contribution >= 0.6 is 11.6 Å². The zero-order chi connectivity index (χ0) is 23.0. The van der Waals surface area contributed by atoms with Gasteiger partial charge in [0.25, 0.3) is 0 Å². The van der Waals surface area contributed by atoms with E-state index in [9.17, 15) is 18.0 Å². The highest BCUT2D eigenvalue weighted by Crippen LogP contribution is 2.33. The molecular weight excluding hydrogens is 438 g/mol. The molecule has 0 spiro atoms. The maximum Gasteiger partial charge on any atom is 0.247 e. The number of halogens is 1. The second kappa shape index (κ2) is 8.61. The summed E-state index contributed by atoms with van der Waals surface area (Å²) in [5.41, 5.74) is 1.82. The molecule has 1 atom stereocenters. The predicted octanol–water partition coefficient (Wildman–Crippen LogP) is 2.64. The number of sulfonamides is 1. The third-order valence-corrected chi connectivity index (χ3v) is 7.09. The van der Waals surface area contributed by atoms with E-state index in [2.05, 4.69) is 5.32 Å². The molecule has 0 aliphatic carbocycles. The van der Waals surface area contributed by atoms with Gasteiger partial charge >= 0.3 is 0 Å². The average molecular weight is 464 g/mol. The van der Waals surface area contributed by atoms with Crippen LogP contribution in [0.15, 0.2) is 42.5 Å². The number of piperazine rings is 1. The molecule has 9 heteroatoms. The van der Waals surface area contributed by atoms with Crippen molar-refractivity contribution >= 4 is 39.1 Å². The number of carbonyl (C=O) groups excluding carboxylic acids is 2. The molecule has 1 N–H and O–H groups in total. The van der Waals surface area contributed by atoms with Crippen LogP contribution in [0, 0.1) is 13.8 Å². The Balaban J connectivity index is 1.97. The third kappa shape index (κ3) is 4.92. The lowest BCUT2D eigenvalue weighted by molar-refractivity contribution is -0.133. The number of nitrogens with zero attached hydrogens (tertiary/aromatic N) is 2. The smallest absolute Gasteiger partial charge is 0.247 e. The first-order valence-corrected chi connectivity index (χ1v) is 12.0. The minimum Gasteiger partial charge on any atom is -0.350 e. The molecule has 7 nitrogen and oxygen atoms in total. The average Bonchev–Trinajstić information content (AvgIpc) is 2.68. The summed E-state index contributed by atoms with van der Waals surface area (Å²) in [4.78, 5) is 27.8. The van der Waals surface area contributed by atoms with Gasteiger partial charge in [-0.3, -0.25) is 14.5 Å². The van der Waals surface area contributed by atoms with Crippen LogP contribution in [-0.4, -0.2) is 49.4 Å². The quantitative estimate of drug-likeness (QED) is 0.738. The maximum absolute atomic E-state index is 13.4. The molecular formula is C22H26ClN3O4S. The van der Waals surface area contributed by atoms with Crippen molar-refractivity contribution in [2.24, 2.45) is 0 Å². The first-order valence-electron chi connectivity index (χ1n) is 9.80. The largest absolute Gasteiger partial charge is 0.350 e. The van der Waals surface area contributed by atoms with E-state index < -0.39 is 27.4 Å². The summed E-state index contributed by atoms with van der Waals surface area (Å²) in [6.07, 6.45) is 1.03. The van der Waals surface area contributed by atoms with E-state index in [0.29, 0.717) is 10.7 Å². The monoisotopic (exact) mass is 463 g/mol. The second-order valence-corrected chi connectivity index (χ2v) is 10.5. The highest BCUT2D eigenvalue weighted by molar-refractivity contribution is 7.88. The van der Waals surface area contributed by atoms with Gasteiger partial charge in [0.05, 0.1) is 12.8 Å². The van der Waals surface area contributed by atoms with Crippen molar-refractivity contribution in [2.45, 2.75) is 32.9 Å². The number of nitrogens with one attached hydrogen (secondary N) is 1. The Morgan fingerprint density at radius 3 is 2.39 bits per heavy atom. The third-order valence-electron chi connectivity index (χ3n) is 5.48. The fraction of sp³-hybridized carbons (Fsp3) is 0.364. The molecule has 1 fully saturated rings. The van der Waals surface area contributed by atoms with Crippen LogP contribution in [0.4, 0.5) is 5.69 Å². The molecule has 3 rings (SSSR count). The number of anilines is 1. The molecule has 0 bridgehead atoms. The van der Waals surface area contributed by atoms with Gasteiger partial charge in [0.15, 0.2) is 0 Å². The Kier molecular flexibility index (Phi) is 6.45. The zero-order valence-corrected chi connectivity index (χ0v) is 19.5. The van der Waals surface area contributed by atoms with Crippen molar-refractivity contribution in [3.63, 3.8) is 0 Å². The summed E-state index contributed by atoms with van der Waals surface area (Å²) in [6.45, 7) is 5.13. The van der Waals surface area contributed by atoms with Crippen LogP contribution < -0.4 is 10.2 Å². The van der Waals surface area contributed by atoms with Gasteiger partial charge in [-0.15, -0.1) is 0 Å². The normalized spacial score (nSPS) is 20.0. The fourth-order valence-electron chi connectivity index (χ4n) is 3.60. The number of benzene rings is 2. The second-order valence-electron chi connectivity index (χ2n) is 8.14. The van der Waals surface area contributed by atoms with Gasteiger partial charge in [-0.2, -0.15) is 4.31 Å². The summed E-state index contributed by atoms with van der Waals surface area (Å²) in [5, 5.41) is 3.32. The maximum atomic E-state index is 13.4. The van der Waals surface area contributed by atoms with Crippen molar-refractivity contribution in [1.82, 2.24) is 9.62 Å². The molecule has 31 heavy (non-hydrogen) atoms. The van der Waals surface area contributed by atoms with E-state index in [1.165, 1.54) is 4.90 Å². The van der Waals surface area contributed by atoms with Crippen molar-refractivity contribution in [3.05, 3.63) is 64.2 Å². The van der Waals surface area contributed by atoms with Gasteiger partial charge in [0, 0.05) is 23.8 Å². The molecule has 1 saturated heterocycles. The SMILES string of the molecule is Cc1ccc(CNC(=O)C2(C)CN(S(C)(=O)=O)CC(=O)N2c2ccc(C)c(Cl)c2)cc1. The molecule has 2 amide bonds. The minimum atomic E-state index is -3.68. The van der Waals surface area contributed by atoms with Crippen LogP contribution in [0.25, 0.3) is 0 Å². The molecule has 2 aromatic rings. The number of hydrogen-bond acceptors (Lipinski definition) is 4. The fourth-order valence-corrected chi connectivity index (χ4v) is 4.61. The highest BCUT2D eigenvalue weighted by atomic mass is 35.5. The molecule has 166 valence electrons. The van der Waals surface area contributed by atoms with E-state index in [4.69, 9.17) is 11.6 Å². The van der Waals surface area contributed by atoms with Gasteiger partial charge in [-0.1, -0.05) is 47.5 Å². The van der Waals surface area contributed by atoms with E-state index in [-0.39, 0.29) is 19.6 Å². The van der Waals surface area contributed by atoms with E-state index >= 15 is 0 Å². The summed E-state index contributed by atoms with van der Waals surface area (Å²) in [7, 11) is -3.68. The number of rotatable bonds is 5. The predicted molar refractivity (Wildman–Crippen MR) is 122 cm³/mol. The Morgan fingerprint density at radius 2 is 1.81 bits per heavy atom. The lowest BCUT2D eigenvalue weighted by Crippen LogP contribution is -2.70. The molecule has 1 unspecified atom stereocenters. The number of amides is 2. The Morgan fingerprint density at radius 1 is 1.16 bits per heavy atom. The topological polar surface area (TPSA) is 86.8 Å². The van der Waals surface area contributed by atoms with Crippen molar-refractivity contribution in [3.8, 4) is 0 Å². The van der Waals surface area contributed by atoms with E-state index in [1.54, 1.807) is 25.1 Å². The Bertz CT molecular complexity index is 1120. The molecule has 0 saturated carbocycles. The number of hydrogen-bond donors (Lipinski definition) is 1. The Hall–Kier alpha value is -2.42. The summed E-state index contributed by atoms with van der Waals surface area (Å²) >= 11 is 6.26. The highest BCUT2D eigenvalue weighted by Gasteiger charge is 2.50. The number of carbonyl (C=O) groups is 2. The van der Waals surface area contributed by atoms with E-state index in [0.717, 1.165) is 27.3 Å². The lowest BCUT2D eigenvalue weighted by atomic mass is 9.94. The van der Waals surface area contributed by atoms with Gasteiger partial charge < -0.3 is 5.32 Å². The standard InChI is InChI=1S/C22H26ClN3O4S/c1-15-5-8-17(9-6-15)12-24-21(28)22(3)14-25(31(4,29)30)13-20(27)26(22)18-10-7-16(2)19(23)11-18/h5-11H,12-14H2,1-4H3,(H,24,28). The van der Waals surface area contributed by atoms with Crippen LogP contribution in [0.2, 0.25) is 5.02 Å². The number of aryl methyl sites for hydroxylation is 2. The van der Waals surface area contributed by atoms with Gasteiger partial charge in [0.2, 0.25) is 21.8 Å². The Labute approximate surface area is 188 Å². The minimum absolute atomic E-state index is 0.164. The van der Waals surface area contributed by atoms with Gasteiger partial charge in [-0.25, -0.2) is 8.42 Å². The summed E-state index contributed by atoms with van der Waals surface area (Å²) in [5.74, 6) is -0.948. The van der Waals surface area contributed by atoms with Crippen LogP contribution in [0.1, 0.15) is 23.6 Å². The molecule has 1 aliphatic heterocycles. The van der Waals surface area contributed by atoms with Crippen LogP contribution in [0.3, 0.4) is 0 Å².